The molecule has 98 valence electrons. The Kier molecular flexibility index (Phi) is 3.52. The summed E-state index contributed by atoms with van der Waals surface area (Å²) in [4.78, 5) is 25.4. The van der Waals surface area contributed by atoms with E-state index in [0.717, 1.165) is 0 Å². The van der Waals surface area contributed by atoms with Crippen molar-refractivity contribution in [3.63, 3.8) is 0 Å². The van der Waals surface area contributed by atoms with Crippen molar-refractivity contribution in [2.24, 2.45) is 7.05 Å². The average molecular weight is 250 g/mol. The number of ketones is 1. The van der Waals surface area contributed by atoms with E-state index in [0.29, 0.717) is 31.0 Å². The molecule has 1 aliphatic heterocycles. The highest BCUT2D eigenvalue weighted by Crippen LogP contribution is 2.13. The van der Waals surface area contributed by atoms with Crippen LogP contribution in [0, 0.1) is 0 Å². The summed E-state index contributed by atoms with van der Waals surface area (Å²) in [6.45, 7) is 5.21. The maximum Gasteiger partial charge on any atom is 0.270 e. The third-order valence-electron chi connectivity index (χ3n) is 3.16. The molecule has 0 unspecified atom stereocenters. The molecule has 18 heavy (non-hydrogen) atoms. The van der Waals surface area contributed by atoms with Gasteiger partial charge in [-0.1, -0.05) is 0 Å². The molecule has 1 amide bonds. The minimum Gasteiger partial charge on any atom is -0.375 e. The fourth-order valence-corrected chi connectivity index (χ4v) is 2.13. The summed E-state index contributed by atoms with van der Waals surface area (Å²) < 4.78 is 7.12. The highest BCUT2D eigenvalue weighted by Gasteiger charge is 2.24. The number of nitrogens with zero attached hydrogens (tertiary/aromatic N) is 2. The molecule has 0 N–H and O–H groups in total. The summed E-state index contributed by atoms with van der Waals surface area (Å²) in [7, 11) is 1.78. The van der Waals surface area contributed by atoms with E-state index < -0.39 is 0 Å². The van der Waals surface area contributed by atoms with Crippen LogP contribution >= 0.6 is 0 Å². The molecule has 1 fully saturated rings. The summed E-state index contributed by atoms with van der Waals surface area (Å²) >= 11 is 0. The van der Waals surface area contributed by atoms with Crippen molar-refractivity contribution in [3.8, 4) is 0 Å². The third kappa shape index (κ3) is 2.46. The largest absolute Gasteiger partial charge is 0.375 e. The number of amides is 1. The number of ether oxygens (including phenoxy) is 1. The normalized spacial score (nSPS) is 19.9. The van der Waals surface area contributed by atoms with Gasteiger partial charge in [-0.3, -0.25) is 9.59 Å². The van der Waals surface area contributed by atoms with Crippen LogP contribution in [0.4, 0.5) is 0 Å². The molecule has 1 aromatic rings. The van der Waals surface area contributed by atoms with Gasteiger partial charge in [0, 0.05) is 31.9 Å². The number of carbonyl (C=O) groups is 2. The molecule has 5 nitrogen and oxygen atoms in total. The molecule has 0 aliphatic carbocycles. The number of hydrogen-bond acceptors (Lipinski definition) is 3. The fraction of sp³-hybridized carbons (Fsp3) is 0.538. The van der Waals surface area contributed by atoms with Crippen molar-refractivity contribution in [2.75, 3.05) is 19.7 Å². The molecule has 1 aliphatic rings. The molecule has 0 aromatic carbocycles. The van der Waals surface area contributed by atoms with Gasteiger partial charge in [0.15, 0.2) is 5.78 Å². The average Bonchev–Trinajstić information content (AvgIpc) is 2.70. The van der Waals surface area contributed by atoms with Crippen molar-refractivity contribution in [3.05, 3.63) is 23.5 Å². The van der Waals surface area contributed by atoms with Gasteiger partial charge in [0.05, 0.1) is 12.7 Å². The topological polar surface area (TPSA) is 51.5 Å². The van der Waals surface area contributed by atoms with Crippen LogP contribution in [0.15, 0.2) is 12.3 Å². The number of morpholine rings is 1. The molecule has 0 radical (unpaired) electrons. The van der Waals surface area contributed by atoms with Crippen LogP contribution in [0.25, 0.3) is 0 Å². The van der Waals surface area contributed by atoms with Gasteiger partial charge < -0.3 is 14.2 Å². The second-order valence-electron chi connectivity index (χ2n) is 4.71. The Morgan fingerprint density at radius 1 is 1.44 bits per heavy atom. The summed E-state index contributed by atoms with van der Waals surface area (Å²) in [6.07, 6.45) is 1.76. The van der Waals surface area contributed by atoms with Crippen LogP contribution < -0.4 is 0 Å². The fourth-order valence-electron chi connectivity index (χ4n) is 2.13. The van der Waals surface area contributed by atoms with Crippen molar-refractivity contribution in [2.45, 2.75) is 20.0 Å². The van der Waals surface area contributed by atoms with Crippen LogP contribution in [0.5, 0.6) is 0 Å². The first-order chi connectivity index (χ1) is 8.49. The number of carbonyl (C=O) groups excluding carboxylic acids is 2. The number of hydrogen-bond donors (Lipinski definition) is 0. The first-order valence-corrected chi connectivity index (χ1v) is 6.07. The second kappa shape index (κ2) is 4.94. The van der Waals surface area contributed by atoms with Gasteiger partial charge in [-0.2, -0.15) is 0 Å². The maximum atomic E-state index is 12.3. The van der Waals surface area contributed by atoms with Crippen LogP contribution in [0.3, 0.4) is 0 Å². The minimum atomic E-state index is -0.0415. The van der Waals surface area contributed by atoms with E-state index in [1.807, 2.05) is 6.92 Å². The lowest BCUT2D eigenvalue weighted by molar-refractivity contribution is -0.0127. The van der Waals surface area contributed by atoms with E-state index in [1.165, 1.54) is 6.92 Å². The highest BCUT2D eigenvalue weighted by molar-refractivity contribution is 5.99. The monoisotopic (exact) mass is 250 g/mol. The van der Waals surface area contributed by atoms with Crippen LogP contribution in [-0.2, 0) is 11.8 Å². The molecular formula is C13H18N2O3. The predicted molar refractivity (Wildman–Crippen MR) is 66.7 cm³/mol. The first kappa shape index (κ1) is 12.8. The summed E-state index contributed by atoms with van der Waals surface area (Å²) in [6, 6.07) is 1.66. The SMILES string of the molecule is CC(=O)c1cc(C(=O)N2CCO[C@H](C)C2)n(C)c1. The van der Waals surface area contributed by atoms with E-state index in [-0.39, 0.29) is 17.8 Å². The number of rotatable bonds is 2. The molecule has 1 saturated heterocycles. The summed E-state index contributed by atoms with van der Waals surface area (Å²) in [5.41, 5.74) is 1.12. The molecule has 2 heterocycles. The van der Waals surface area contributed by atoms with E-state index in [2.05, 4.69) is 0 Å². The smallest absolute Gasteiger partial charge is 0.270 e. The van der Waals surface area contributed by atoms with Gasteiger partial charge in [-0.15, -0.1) is 0 Å². The van der Waals surface area contributed by atoms with Crippen LogP contribution in [0.1, 0.15) is 34.7 Å². The molecule has 0 spiro atoms. The lowest BCUT2D eigenvalue weighted by Gasteiger charge is -2.31. The van der Waals surface area contributed by atoms with Crippen molar-refractivity contribution < 1.29 is 14.3 Å². The van der Waals surface area contributed by atoms with E-state index in [4.69, 9.17) is 4.74 Å². The molecule has 0 bridgehead atoms. The van der Waals surface area contributed by atoms with Gasteiger partial charge in [0.2, 0.25) is 0 Å². The van der Waals surface area contributed by atoms with E-state index in [1.54, 1.807) is 28.8 Å². The summed E-state index contributed by atoms with van der Waals surface area (Å²) in [5.74, 6) is -0.0693. The van der Waals surface area contributed by atoms with Crippen molar-refractivity contribution >= 4 is 11.7 Å². The zero-order valence-electron chi connectivity index (χ0n) is 11.0. The summed E-state index contributed by atoms with van der Waals surface area (Å²) in [5, 5.41) is 0. The minimum absolute atomic E-state index is 0.0278. The molecule has 1 atom stereocenters. The Balaban J connectivity index is 2.20. The van der Waals surface area contributed by atoms with E-state index in [9.17, 15) is 9.59 Å². The lowest BCUT2D eigenvalue weighted by atomic mass is 10.2. The number of aromatic nitrogens is 1. The van der Waals surface area contributed by atoms with Crippen molar-refractivity contribution in [1.29, 1.82) is 0 Å². The van der Waals surface area contributed by atoms with Gasteiger partial charge >= 0.3 is 0 Å². The van der Waals surface area contributed by atoms with Crippen LogP contribution in [-0.4, -0.2) is 47.0 Å². The Labute approximate surface area is 106 Å². The predicted octanol–water partition coefficient (Wildman–Crippen LogP) is 1.09. The molecule has 1 aromatic heterocycles. The second-order valence-corrected chi connectivity index (χ2v) is 4.71. The molecule has 0 saturated carbocycles. The number of Topliss-reactive ketones (excluding diaryl/α,β-unsaturated/α-hetero) is 1. The third-order valence-corrected chi connectivity index (χ3v) is 3.16. The first-order valence-electron chi connectivity index (χ1n) is 6.07. The number of aryl methyl sites for hydroxylation is 1. The molecule has 2 rings (SSSR count). The maximum absolute atomic E-state index is 12.3. The Morgan fingerprint density at radius 2 is 2.17 bits per heavy atom. The Hall–Kier alpha value is -1.62. The van der Waals surface area contributed by atoms with Gasteiger partial charge in [-0.05, 0) is 19.9 Å². The van der Waals surface area contributed by atoms with Gasteiger partial charge in [-0.25, -0.2) is 0 Å². The van der Waals surface area contributed by atoms with Gasteiger partial charge in [0.1, 0.15) is 5.69 Å². The molecule has 5 heteroatoms. The highest BCUT2D eigenvalue weighted by atomic mass is 16.5. The standard InChI is InChI=1S/C13H18N2O3/c1-9-7-15(4-5-18-9)13(17)12-6-11(10(2)16)8-14(12)3/h6,8-9H,4-5,7H2,1-3H3/t9-/m1/s1. The lowest BCUT2D eigenvalue weighted by Crippen LogP contribution is -2.45. The Bertz CT molecular complexity index is 479. The van der Waals surface area contributed by atoms with Gasteiger partial charge in [0.25, 0.3) is 5.91 Å². The van der Waals surface area contributed by atoms with Crippen molar-refractivity contribution in [1.82, 2.24) is 9.47 Å². The van der Waals surface area contributed by atoms with Crippen LogP contribution in [0.2, 0.25) is 0 Å². The zero-order chi connectivity index (χ0) is 13.3. The zero-order valence-corrected chi connectivity index (χ0v) is 11.0. The quantitative estimate of drug-likeness (QED) is 0.738. The molecular weight excluding hydrogens is 232 g/mol. The Morgan fingerprint density at radius 3 is 2.72 bits per heavy atom. The van der Waals surface area contributed by atoms with E-state index >= 15 is 0 Å².